The second-order valence-corrected chi connectivity index (χ2v) is 8.06. The zero-order valence-corrected chi connectivity index (χ0v) is 19.9. The van der Waals surface area contributed by atoms with Crippen molar-refractivity contribution in [2.45, 2.75) is 116 Å². The zero-order chi connectivity index (χ0) is 23.4. The summed E-state index contributed by atoms with van der Waals surface area (Å²) in [7, 11) is 0. The predicted molar refractivity (Wildman–Crippen MR) is 120 cm³/mol. The first-order chi connectivity index (χ1) is 14.9. The fourth-order valence-electron chi connectivity index (χ4n) is 3.69. The topological polar surface area (TPSA) is 81.7 Å². The second-order valence-electron chi connectivity index (χ2n) is 8.06. The molecule has 0 aliphatic carbocycles. The molecule has 0 aliphatic heterocycles. The Balaban J connectivity index is 4.20. The van der Waals surface area contributed by atoms with Crippen molar-refractivity contribution in [3.05, 3.63) is 0 Å². The first-order valence-electron chi connectivity index (χ1n) is 12.1. The fourth-order valence-corrected chi connectivity index (χ4v) is 3.69. The molecule has 0 rings (SSSR count). The van der Waals surface area contributed by atoms with Crippen molar-refractivity contribution < 1.29 is 28.2 Å². The van der Waals surface area contributed by atoms with Gasteiger partial charge in [0.1, 0.15) is 0 Å². The molecule has 0 saturated heterocycles. The molecular weight excluding hydrogens is 401 g/mol. The van der Waals surface area contributed by atoms with Gasteiger partial charge >= 0.3 is 11.9 Å². The first-order valence-corrected chi connectivity index (χ1v) is 12.1. The molecule has 0 aromatic heterocycles. The third-order valence-electron chi connectivity index (χ3n) is 5.32. The van der Waals surface area contributed by atoms with E-state index >= 15 is 0 Å². The van der Waals surface area contributed by atoms with E-state index in [1.165, 1.54) is 45.4 Å². The molecule has 0 unspecified atom stereocenters. The highest BCUT2D eigenvalue weighted by Crippen LogP contribution is 2.21. The molecule has 0 saturated carbocycles. The van der Waals surface area contributed by atoms with Crippen LogP contribution in [0.1, 0.15) is 111 Å². The van der Waals surface area contributed by atoms with E-state index in [-0.39, 0.29) is 26.3 Å². The number of halogens is 1. The van der Waals surface area contributed by atoms with Crippen molar-refractivity contribution in [3.8, 4) is 0 Å². The monoisotopic (exact) mass is 445 g/mol. The summed E-state index contributed by atoms with van der Waals surface area (Å²) in [6.45, 7) is 4.65. The minimum Gasteiger partial charge on any atom is -0.464 e. The number of unbranched alkanes of at least 4 members (excludes halogenated alkanes) is 12. The van der Waals surface area contributed by atoms with Crippen LogP contribution in [0.15, 0.2) is 0 Å². The van der Waals surface area contributed by atoms with Crippen LogP contribution in [-0.2, 0) is 23.9 Å². The molecule has 6 nitrogen and oxygen atoms in total. The highest BCUT2D eigenvalue weighted by Gasteiger charge is 2.49. The molecule has 0 aliphatic rings. The van der Waals surface area contributed by atoms with Crippen molar-refractivity contribution >= 4 is 17.8 Å². The number of nitrogens with one attached hydrogen (secondary N) is 1. The van der Waals surface area contributed by atoms with Gasteiger partial charge in [0.2, 0.25) is 11.4 Å². The molecule has 182 valence electrons. The smallest absolute Gasteiger partial charge is 0.343 e. The molecule has 0 bridgehead atoms. The summed E-state index contributed by atoms with van der Waals surface area (Å²) in [6, 6.07) is 0. The van der Waals surface area contributed by atoms with Crippen molar-refractivity contribution in [1.29, 1.82) is 0 Å². The molecule has 31 heavy (non-hydrogen) atoms. The largest absolute Gasteiger partial charge is 0.464 e. The predicted octanol–water partition coefficient (Wildman–Crippen LogP) is 5.42. The lowest BCUT2D eigenvalue weighted by molar-refractivity contribution is -0.168. The standard InChI is InChI=1S/C24H44FNO5/c1-4-30-22(28)24(26-21(3)27,23(29)31-5-2)19-17-15-13-11-9-7-6-8-10-12-14-16-18-20-25/h4-20H2,1-3H3,(H,26,27). The van der Waals surface area contributed by atoms with E-state index in [9.17, 15) is 18.8 Å². The number of carbonyl (C=O) groups excluding carboxylic acids is 3. The van der Waals surface area contributed by atoms with Gasteiger partial charge < -0.3 is 14.8 Å². The lowest BCUT2D eigenvalue weighted by atomic mass is 9.91. The molecule has 0 aromatic carbocycles. The maximum atomic E-state index is 12.5. The number of hydrogen-bond acceptors (Lipinski definition) is 5. The number of alkyl halides is 1. The number of ether oxygens (including phenoxy) is 2. The lowest BCUT2D eigenvalue weighted by Crippen LogP contribution is -2.61. The normalized spacial score (nSPS) is 11.2. The van der Waals surface area contributed by atoms with Gasteiger partial charge in [0.25, 0.3) is 0 Å². The summed E-state index contributed by atoms with van der Waals surface area (Å²) in [5.41, 5.74) is -1.76. The van der Waals surface area contributed by atoms with Gasteiger partial charge in [-0.3, -0.25) is 9.18 Å². The minimum atomic E-state index is -1.76. The molecule has 0 aromatic rings. The van der Waals surface area contributed by atoms with Gasteiger partial charge in [-0.05, 0) is 33.1 Å². The second kappa shape index (κ2) is 19.1. The number of hydrogen-bond donors (Lipinski definition) is 1. The van der Waals surface area contributed by atoms with Crippen LogP contribution >= 0.6 is 0 Å². The Morgan fingerprint density at radius 1 is 0.677 bits per heavy atom. The number of rotatable bonds is 20. The van der Waals surface area contributed by atoms with Crippen LogP contribution in [0.2, 0.25) is 0 Å². The molecule has 0 atom stereocenters. The fraction of sp³-hybridized carbons (Fsp3) is 0.875. The van der Waals surface area contributed by atoms with Crippen molar-refractivity contribution in [3.63, 3.8) is 0 Å². The number of esters is 2. The molecule has 0 fully saturated rings. The summed E-state index contributed by atoms with van der Waals surface area (Å²) in [5.74, 6) is -1.98. The van der Waals surface area contributed by atoms with Gasteiger partial charge in [-0.2, -0.15) is 0 Å². The Bertz CT molecular complexity index is 480. The Kier molecular flexibility index (Phi) is 18.0. The van der Waals surface area contributed by atoms with Crippen LogP contribution in [0.25, 0.3) is 0 Å². The van der Waals surface area contributed by atoms with Gasteiger partial charge in [-0.1, -0.05) is 70.6 Å². The van der Waals surface area contributed by atoms with Crippen LogP contribution < -0.4 is 5.32 Å². The summed E-state index contributed by atoms with van der Waals surface area (Å²) >= 11 is 0. The van der Waals surface area contributed by atoms with Gasteiger partial charge in [-0.15, -0.1) is 0 Å². The molecule has 7 heteroatoms. The summed E-state index contributed by atoms with van der Waals surface area (Å²) in [4.78, 5) is 36.7. The Hall–Kier alpha value is -1.66. The summed E-state index contributed by atoms with van der Waals surface area (Å²) in [5, 5.41) is 2.50. The SMILES string of the molecule is CCOC(=O)C(CCCCCCCCCCCCCCCF)(NC(C)=O)C(=O)OCC. The molecular formula is C24H44FNO5. The lowest BCUT2D eigenvalue weighted by Gasteiger charge is -2.29. The third kappa shape index (κ3) is 13.4. The molecule has 0 radical (unpaired) electrons. The Labute approximate surface area is 188 Å². The van der Waals surface area contributed by atoms with Crippen LogP contribution in [0.4, 0.5) is 4.39 Å². The number of carbonyl (C=O) groups is 3. The highest BCUT2D eigenvalue weighted by atomic mass is 19.1. The average molecular weight is 446 g/mol. The Morgan fingerprint density at radius 2 is 1.03 bits per heavy atom. The summed E-state index contributed by atoms with van der Waals surface area (Å²) < 4.78 is 22.2. The van der Waals surface area contributed by atoms with Gasteiger partial charge in [0.05, 0.1) is 19.9 Å². The van der Waals surface area contributed by atoms with Gasteiger partial charge in [0.15, 0.2) is 0 Å². The first kappa shape index (κ1) is 29.3. The summed E-state index contributed by atoms with van der Waals surface area (Å²) in [6.07, 6.45) is 14.0. The van der Waals surface area contributed by atoms with Crippen molar-refractivity contribution in [1.82, 2.24) is 5.32 Å². The van der Waals surface area contributed by atoms with Gasteiger partial charge in [0, 0.05) is 6.92 Å². The molecule has 1 N–H and O–H groups in total. The third-order valence-corrected chi connectivity index (χ3v) is 5.32. The van der Waals surface area contributed by atoms with E-state index in [2.05, 4.69) is 5.32 Å². The average Bonchev–Trinajstić information content (AvgIpc) is 2.73. The highest BCUT2D eigenvalue weighted by molar-refractivity contribution is 6.07. The van der Waals surface area contributed by atoms with E-state index in [0.717, 1.165) is 32.1 Å². The van der Waals surface area contributed by atoms with Crippen molar-refractivity contribution in [2.24, 2.45) is 0 Å². The maximum Gasteiger partial charge on any atom is 0.343 e. The molecule has 0 spiro atoms. The number of amides is 1. The van der Waals surface area contributed by atoms with E-state index in [1.54, 1.807) is 13.8 Å². The maximum absolute atomic E-state index is 12.5. The molecule has 0 heterocycles. The zero-order valence-electron chi connectivity index (χ0n) is 19.9. The van der Waals surface area contributed by atoms with Crippen LogP contribution in [0.5, 0.6) is 0 Å². The van der Waals surface area contributed by atoms with Gasteiger partial charge in [-0.25, -0.2) is 9.59 Å². The van der Waals surface area contributed by atoms with E-state index in [4.69, 9.17) is 9.47 Å². The van der Waals surface area contributed by atoms with Crippen LogP contribution in [0, 0.1) is 0 Å². The van der Waals surface area contributed by atoms with Crippen molar-refractivity contribution in [2.75, 3.05) is 19.9 Å². The van der Waals surface area contributed by atoms with Crippen LogP contribution in [-0.4, -0.2) is 43.3 Å². The Morgan fingerprint density at radius 3 is 1.35 bits per heavy atom. The molecule has 1 amide bonds. The minimum absolute atomic E-state index is 0.122. The van der Waals surface area contributed by atoms with E-state index in [0.29, 0.717) is 12.8 Å². The van der Waals surface area contributed by atoms with Crippen LogP contribution in [0.3, 0.4) is 0 Å². The quantitative estimate of drug-likeness (QED) is 0.154. The van der Waals surface area contributed by atoms with E-state index in [1.807, 2.05) is 0 Å². The van der Waals surface area contributed by atoms with E-state index < -0.39 is 23.4 Å².